The van der Waals surface area contributed by atoms with Gasteiger partial charge in [0, 0.05) is 19.1 Å². The molecule has 0 spiro atoms. The van der Waals surface area contributed by atoms with E-state index in [0.717, 1.165) is 0 Å². The van der Waals surface area contributed by atoms with Crippen molar-refractivity contribution in [2.45, 2.75) is 25.8 Å². The molecule has 0 aliphatic carbocycles. The lowest BCUT2D eigenvalue weighted by molar-refractivity contribution is 0.0894. The number of halogens is 1. The standard InChI is InChI=1S/C12H17BrN2O4S/c1-2-20(17,18)15-7-5-9(6-8-15)14-12(16)10-3-4-11(13)19-10/h3-4,9H,2,5-8H2,1H3,(H,14,16). The molecule has 0 aromatic carbocycles. The summed E-state index contributed by atoms with van der Waals surface area (Å²) in [5, 5.41) is 2.86. The van der Waals surface area contributed by atoms with Gasteiger partial charge in [-0.15, -0.1) is 0 Å². The van der Waals surface area contributed by atoms with Gasteiger partial charge in [-0.3, -0.25) is 4.79 Å². The molecule has 20 heavy (non-hydrogen) atoms. The molecule has 1 amide bonds. The molecule has 8 heteroatoms. The first-order chi connectivity index (χ1) is 9.42. The van der Waals surface area contributed by atoms with Gasteiger partial charge in [0.15, 0.2) is 10.4 Å². The van der Waals surface area contributed by atoms with Gasteiger partial charge in [-0.1, -0.05) is 0 Å². The lowest BCUT2D eigenvalue weighted by Gasteiger charge is -2.31. The first-order valence-electron chi connectivity index (χ1n) is 6.46. The zero-order valence-corrected chi connectivity index (χ0v) is 13.5. The van der Waals surface area contributed by atoms with Crippen molar-refractivity contribution in [1.82, 2.24) is 9.62 Å². The van der Waals surface area contributed by atoms with Crippen LogP contribution in [0.1, 0.15) is 30.3 Å². The smallest absolute Gasteiger partial charge is 0.287 e. The highest BCUT2D eigenvalue weighted by Gasteiger charge is 2.27. The number of rotatable bonds is 4. The van der Waals surface area contributed by atoms with Crippen molar-refractivity contribution in [2.24, 2.45) is 0 Å². The van der Waals surface area contributed by atoms with Crippen LogP contribution in [0.5, 0.6) is 0 Å². The second-order valence-electron chi connectivity index (χ2n) is 4.65. The number of nitrogens with one attached hydrogen (secondary N) is 1. The summed E-state index contributed by atoms with van der Waals surface area (Å²) >= 11 is 3.14. The van der Waals surface area contributed by atoms with E-state index in [1.807, 2.05) is 0 Å². The third-order valence-corrected chi connectivity index (χ3v) is 5.65. The number of nitrogens with zero attached hydrogens (tertiary/aromatic N) is 1. The number of amides is 1. The summed E-state index contributed by atoms with van der Waals surface area (Å²) in [6, 6.07) is 3.23. The average molecular weight is 365 g/mol. The maximum Gasteiger partial charge on any atom is 0.287 e. The van der Waals surface area contributed by atoms with Crippen molar-refractivity contribution in [3.8, 4) is 0 Å². The van der Waals surface area contributed by atoms with E-state index in [0.29, 0.717) is 30.6 Å². The molecule has 1 aliphatic rings. The highest BCUT2D eigenvalue weighted by molar-refractivity contribution is 9.10. The maximum atomic E-state index is 11.9. The van der Waals surface area contributed by atoms with Gasteiger partial charge in [0.05, 0.1) is 5.75 Å². The SMILES string of the molecule is CCS(=O)(=O)N1CCC(NC(=O)c2ccc(Br)o2)CC1. The molecule has 1 N–H and O–H groups in total. The van der Waals surface area contributed by atoms with E-state index in [4.69, 9.17) is 4.42 Å². The van der Waals surface area contributed by atoms with Crippen molar-refractivity contribution in [2.75, 3.05) is 18.8 Å². The molecule has 2 heterocycles. The minimum absolute atomic E-state index is 0.0188. The Morgan fingerprint density at radius 2 is 2.10 bits per heavy atom. The first kappa shape index (κ1) is 15.5. The molecule has 1 aromatic rings. The zero-order chi connectivity index (χ0) is 14.8. The van der Waals surface area contributed by atoms with Crippen LogP contribution in [0.25, 0.3) is 0 Å². The normalized spacial score (nSPS) is 18.1. The second-order valence-corrected chi connectivity index (χ2v) is 7.69. The Kier molecular flexibility index (Phi) is 4.87. The summed E-state index contributed by atoms with van der Waals surface area (Å²) in [6.07, 6.45) is 1.24. The minimum Gasteiger partial charge on any atom is -0.444 e. The number of piperidine rings is 1. The van der Waals surface area contributed by atoms with Crippen LogP contribution >= 0.6 is 15.9 Å². The molecule has 0 atom stereocenters. The molecule has 0 saturated carbocycles. The highest BCUT2D eigenvalue weighted by atomic mass is 79.9. The van der Waals surface area contributed by atoms with E-state index >= 15 is 0 Å². The van der Waals surface area contributed by atoms with Crippen molar-refractivity contribution in [3.63, 3.8) is 0 Å². The van der Waals surface area contributed by atoms with E-state index in [9.17, 15) is 13.2 Å². The van der Waals surface area contributed by atoms with E-state index in [1.54, 1.807) is 19.1 Å². The summed E-state index contributed by atoms with van der Waals surface area (Å²) in [7, 11) is -3.13. The fraction of sp³-hybridized carbons (Fsp3) is 0.583. The lowest BCUT2D eigenvalue weighted by atomic mass is 10.1. The Balaban J connectivity index is 1.87. The van der Waals surface area contributed by atoms with Gasteiger partial charge in [-0.2, -0.15) is 0 Å². The van der Waals surface area contributed by atoms with Gasteiger partial charge in [-0.25, -0.2) is 12.7 Å². The summed E-state index contributed by atoms with van der Waals surface area (Å²) in [6.45, 7) is 2.53. The van der Waals surface area contributed by atoms with Gasteiger partial charge in [0.25, 0.3) is 5.91 Å². The predicted octanol–water partition coefficient (Wildman–Crippen LogP) is 1.59. The van der Waals surface area contributed by atoms with E-state index in [2.05, 4.69) is 21.2 Å². The quantitative estimate of drug-likeness (QED) is 0.879. The lowest BCUT2D eigenvalue weighted by Crippen LogP contribution is -2.46. The van der Waals surface area contributed by atoms with Gasteiger partial charge in [0.2, 0.25) is 10.0 Å². The number of furan rings is 1. The second kappa shape index (κ2) is 6.28. The van der Waals surface area contributed by atoms with Crippen molar-refractivity contribution in [3.05, 3.63) is 22.6 Å². The van der Waals surface area contributed by atoms with Crippen LogP contribution < -0.4 is 5.32 Å². The van der Waals surface area contributed by atoms with E-state index in [1.165, 1.54) is 4.31 Å². The fourth-order valence-electron chi connectivity index (χ4n) is 2.15. The van der Waals surface area contributed by atoms with E-state index < -0.39 is 10.0 Å². The molecule has 1 saturated heterocycles. The van der Waals surface area contributed by atoms with E-state index in [-0.39, 0.29) is 23.5 Å². The topological polar surface area (TPSA) is 79.6 Å². The first-order valence-corrected chi connectivity index (χ1v) is 8.86. The summed E-state index contributed by atoms with van der Waals surface area (Å²) < 4.78 is 30.6. The van der Waals surface area contributed by atoms with Gasteiger partial charge >= 0.3 is 0 Å². The Bertz CT molecular complexity index is 576. The van der Waals surface area contributed by atoms with Crippen LogP contribution in [0.4, 0.5) is 0 Å². The van der Waals surface area contributed by atoms with Crippen molar-refractivity contribution in [1.29, 1.82) is 0 Å². The van der Waals surface area contributed by atoms with Crippen LogP contribution in [0, 0.1) is 0 Å². The molecule has 0 radical (unpaired) electrons. The van der Waals surface area contributed by atoms with Crippen LogP contribution in [0.2, 0.25) is 0 Å². The molecule has 1 aliphatic heterocycles. The number of hydrogen-bond donors (Lipinski definition) is 1. The third kappa shape index (κ3) is 3.62. The molecule has 112 valence electrons. The Morgan fingerprint density at radius 1 is 1.45 bits per heavy atom. The molecule has 1 aromatic heterocycles. The largest absolute Gasteiger partial charge is 0.444 e. The highest BCUT2D eigenvalue weighted by Crippen LogP contribution is 2.17. The van der Waals surface area contributed by atoms with Gasteiger partial charge in [-0.05, 0) is 47.8 Å². The average Bonchev–Trinajstić information content (AvgIpc) is 2.86. The molecular weight excluding hydrogens is 348 g/mol. The van der Waals surface area contributed by atoms with Crippen LogP contribution in [0.3, 0.4) is 0 Å². The maximum absolute atomic E-state index is 11.9. The predicted molar refractivity (Wildman–Crippen MR) is 77.9 cm³/mol. The zero-order valence-electron chi connectivity index (χ0n) is 11.1. The Morgan fingerprint density at radius 3 is 2.60 bits per heavy atom. The molecule has 0 bridgehead atoms. The molecule has 0 unspecified atom stereocenters. The molecule has 6 nitrogen and oxygen atoms in total. The summed E-state index contributed by atoms with van der Waals surface area (Å²) in [4.78, 5) is 11.9. The summed E-state index contributed by atoms with van der Waals surface area (Å²) in [5.74, 6) is 0.0951. The molecule has 1 fully saturated rings. The number of carbonyl (C=O) groups excluding carboxylic acids is 1. The van der Waals surface area contributed by atoms with Crippen LogP contribution in [-0.4, -0.2) is 43.5 Å². The fourth-order valence-corrected chi connectivity index (χ4v) is 3.59. The molecule has 2 rings (SSSR count). The molecular formula is C12H17BrN2O4S. The number of sulfonamides is 1. The minimum atomic E-state index is -3.13. The Hall–Kier alpha value is -0.860. The van der Waals surface area contributed by atoms with Crippen molar-refractivity contribution >= 4 is 31.9 Å². The van der Waals surface area contributed by atoms with Gasteiger partial charge in [0.1, 0.15) is 0 Å². The van der Waals surface area contributed by atoms with Crippen molar-refractivity contribution < 1.29 is 17.6 Å². The summed E-state index contributed by atoms with van der Waals surface area (Å²) in [5.41, 5.74) is 0. The third-order valence-electron chi connectivity index (χ3n) is 3.34. The van der Waals surface area contributed by atoms with Crippen LogP contribution in [0.15, 0.2) is 21.2 Å². The van der Waals surface area contributed by atoms with Gasteiger partial charge < -0.3 is 9.73 Å². The Labute approximate surface area is 126 Å². The monoisotopic (exact) mass is 364 g/mol. The number of carbonyl (C=O) groups is 1. The number of hydrogen-bond acceptors (Lipinski definition) is 4. The van der Waals surface area contributed by atoms with Crippen LogP contribution in [-0.2, 0) is 10.0 Å².